The minimum absolute atomic E-state index is 0.407. The van der Waals surface area contributed by atoms with Gasteiger partial charge in [-0.1, -0.05) is 42.0 Å². The second-order valence-corrected chi connectivity index (χ2v) is 5.22. The van der Waals surface area contributed by atoms with Crippen LogP contribution in [0.5, 0.6) is 0 Å². The number of benzene rings is 1. The number of rotatable bonds is 5. The molecule has 0 aliphatic carbocycles. The SMILES string of the molecule is CN(C=N/C(=C\C=O)c1c(Cl)cc[nH]c1=S)c1ccccc1. The monoisotopic (exact) mass is 331 g/mol. The van der Waals surface area contributed by atoms with Crippen molar-refractivity contribution in [1.29, 1.82) is 0 Å². The molecule has 0 aliphatic heterocycles. The molecule has 0 spiro atoms. The van der Waals surface area contributed by atoms with Gasteiger partial charge in [-0.25, -0.2) is 4.99 Å². The Bertz CT molecular complexity index is 768. The number of hydrogen-bond donors (Lipinski definition) is 1. The van der Waals surface area contributed by atoms with Gasteiger partial charge in [-0.2, -0.15) is 0 Å². The Labute approximate surface area is 138 Å². The quantitative estimate of drug-likeness (QED) is 0.295. The number of aliphatic imine (C=N–C) groups is 1. The van der Waals surface area contributed by atoms with Crippen molar-refractivity contribution >= 4 is 47.8 Å². The average molecular weight is 332 g/mol. The number of anilines is 1. The first-order valence-electron chi connectivity index (χ1n) is 6.48. The van der Waals surface area contributed by atoms with E-state index in [1.807, 2.05) is 42.3 Å². The number of aldehydes is 1. The highest BCUT2D eigenvalue weighted by atomic mass is 35.5. The van der Waals surface area contributed by atoms with Crippen LogP contribution in [0.15, 0.2) is 53.7 Å². The second-order valence-electron chi connectivity index (χ2n) is 4.41. The lowest BCUT2D eigenvalue weighted by Gasteiger charge is -2.13. The van der Waals surface area contributed by atoms with Crippen molar-refractivity contribution in [2.24, 2.45) is 4.99 Å². The number of allylic oxidation sites excluding steroid dienone is 1. The van der Waals surface area contributed by atoms with Crippen LogP contribution in [-0.2, 0) is 4.79 Å². The molecule has 0 saturated carbocycles. The highest BCUT2D eigenvalue weighted by Crippen LogP contribution is 2.24. The van der Waals surface area contributed by atoms with Crippen LogP contribution in [0, 0.1) is 4.64 Å². The van der Waals surface area contributed by atoms with Crippen molar-refractivity contribution in [2.45, 2.75) is 0 Å². The smallest absolute Gasteiger partial charge is 0.145 e. The van der Waals surface area contributed by atoms with Gasteiger partial charge in [0.15, 0.2) is 0 Å². The zero-order valence-corrected chi connectivity index (χ0v) is 13.4. The van der Waals surface area contributed by atoms with Gasteiger partial charge in [0.25, 0.3) is 0 Å². The summed E-state index contributed by atoms with van der Waals surface area (Å²) in [7, 11) is 1.87. The van der Waals surface area contributed by atoms with Gasteiger partial charge in [-0.05, 0) is 18.2 Å². The van der Waals surface area contributed by atoms with Crippen LogP contribution in [0.3, 0.4) is 0 Å². The van der Waals surface area contributed by atoms with Crippen LogP contribution in [0.4, 0.5) is 5.69 Å². The van der Waals surface area contributed by atoms with E-state index in [0.717, 1.165) is 5.69 Å². The topological polar surface area (TPSA) is 48.5 Å². The molecule has 0 unspecified atom stereocenters. The maximum Gasteiger partial charge on any atom is 0.145 e. The number of carbonyl (C=O) groups excluding carboxylic acids is 1. The number of aromatic amines is 1. The van der Waals surface area contributed by atoms with Crippen LogP contribution < -0.4 is 4.90 Å². The molecular weight excluding hydrogens is 318 g/mol. The van der Waals surface area contributed by atoms with Crippen LogP contribution >= 0.6 is 23.8 Å². The van der Waals surface area contributed by atoms with E-state index in [4.69, 9.17) is 23.8 Å². The first-order chi connectivity index (χ1) is 10.6. The molecule has 1 aromatic heterocycles. The molecule has 1 N–H and O–H groups in total. The summed E-state index contributed by atoms with van der Waals surface area (Å²) in [4.78, 5) is 19.9. The number of halogens is 1. The maximum absolute atomic E-state index is 10.9. The van der Waals surface area contributed by atoms with Gasteiger partial charge in [0, 0.05) is 25.0 Å². The Morgan fingerprint density at radius 3 is 2.68 bits per heavy atom. The molecule has 22 heavy (non-hydrogen) atoms. The van der Waals surface area contributed by atoms with Crippen molar-refractivity contribution < 1.29 is 4.79 Å². The van der Waals surface area contributed by atoms with Gasteiger partial charge >= 0.3 is 0 Å². The fraction of sp³-hybridized carbons (Fsp3) is 0.0625. The molecule has 0 aliphatic rings. The summed E-state index contributed by atoms with van der Waals surface area (Å²) in [6, 6.07) is 11.4. The van der Waals surface area contributed by atoms with Crippen molar-refractivity contribution in [3.63, 3.8) is 0 Å². The normalized spacial score (nSPS) is 11.6. The number of hydrogen-bond acceptors (Lipinski definition) is 3. The number of H-pyrrole nitrogens is 1. The highest BCUT2D eigenvalue weighted by molar-refractivity contribution is 7.71. The molecule has 2 rings (SSSR count). The van der Waals surface area contributed by atoms with Gasteiger partial charge in [-0.15, -0.1) is 0 Å². The van der Waals surface area contributed by atoms with E-state index < -0.39 is 0 Å². The van der Waals surface area contributed by atoms with Crippen LogP contribution in [0.2, 0.25) is 5.02 Å². The molecule has 0 amide bonds. The first-order valence-corrected chi connectivity index (χ1v) is 7.27. The number of carbonyl (C=O) groups is 1. The predicted octanol–water partition coefficient (Wildman–Crippen LogP) is 4.10. The lowest BCUT2D eigenvalue weighted by molar-refractivity contribution is -0.104. The van der Waals surface area contributed by atoms with Gasteiger partial charge in [0.05, 0.1) is 22.6 Å². The predicted molar refractivity (Wildman–Crippen MR) is 94.0 cm³/mol. The third kappa shape index (κ3) is 3.90. The van der Waals surface area contributed by atoms with Crippen LogP contribution in [-0.4, -0.2) is 24.7 Å². The Kier molecular flexibility index (Phi) is 5.63. The molecule has 0 radical (unpaired) electrons. The van der Waals surface area contributed by atoms with Crippen molar-refractivity contribution in [3.05, 3.63) is 63.9 Å². The van der Waals surface area contributed by atoms with E-state index in [9.17, 15) is 4.79 Å². The molecule has 6 heteroatoms. The largest absolute Gasteiger partial charge is 0.352 e. The van der Waals surface area contributed by atoms with E-state index in [0.29, 0.717) is 27.2 Å². The summed E-state index contributed by atoms with van der Waals surface area (Å²) in [5, 5.41) is 0.441. The van der Waals surface area contributed by atoms with Gasteiger partial charge in [0.2, 0.25) is 0 Å². The third-order valence-corrected chi connectivity index (χ3v) is 3.56. The third-order valence-electron chi connectivity index (χ3n) is 2.93. The molecule has 0 bridgehead atoms. The summed E-state index contributed by atoms with van der Waals surface area (Å²) in [5.41, 5.74) is 1.91. The Morgan fingerprint density at radius 1 is 1.32 bits per heavy atom. The summed E-state index contributed by atoms with van der Waals surface area (Å²) >= 11 is 11.4. The number of nitrogens with zero attached hydrogens (tertiary/aromatic N) is 2. The number of para-hydroxylation sites is 1. The Balaban J connectivity index is 2.35. The molecule has 0 saturated heterocycles. The fourth-order valence-corrected chi connectivity index (χ4v) is 2.42. The number of nitrogens with one attached hydrogen (secondary N) is 1. The summed E-state index contributed by atoms with van der Waals surface area (Å²) in [6.07, 6.45) is 5.25. The molecule has 4 nitrogen and oxygen atoms in total. The Hall–Kier alpha value is -2.24. The average Bonchev–Trinajstić information content (AvgIpc) is 2.53. The van der Waals surface area contributed by atoms with Crippen molar-refractivity contribution in [1.82, 2.24) is 4.98 Å². The van der Waals surface area contributed by atoms with E-state index in [2.05, 4.69) is 9.98 Å². The van der Waals surface area contributed by atoms with E-state index in [-0.39, 0.29) is 0 Å². The number of aromatic nitrogens is 1. The summed E-state index contributed by atoms with van der Waals surface area (Å²) in [6.45, 7) is 0. The van der Waals surface area contributed by atoms with E-state index in [1.165, 1.54) is 6.08 Å². The van der Waals surface area contributed by atoms with Gasteiger partial charge in [-0.3, -0.25) is 4.79 Å². The first kappa shape index (κ1) is 16.1. The zero-order chi connectivity index (χ0) is 15.9. The maximum atomic E-state index is 10.9. The van der Waals surface area contributed by atoms with Crippen molar-refractivity contribution in [2.75, 3.05) is 11.9 Å². The second kappa shape index (κ2) is 7.68. The van der Waals surface area contributed by atoms with Crippen LogP contribution in [0.25, 0.3) is 5.70 Å². The highest BCUT2D eigenvalue weighted by Gasteiger charge is 2.08. The summed E-state index contributed by atoms with van der Waals surface area (Å²) in [5.74, 6) is 0. The van der Waals surface area contributed by atoms with Crippen LogP contribution in [0.1, 0.15) is 5.56 Å². The van der Waals surface area contributed by atoms with E-state index in [1.54, 1.807) is 18.6 Å². The van der Waals surface area contributed by atoms with Gasteiger partial charge < -0.3 is 9.88 Å². The summed E-state index contributed by atoms with van der Waals surface area (Å²) < 4.78 is 0.431. The lowest BCUT2D eigenvalue weighted by atomic mass is 10.2. The number of pyridine rings is 1. The molecule has 0 fully saturated rings. The molecule has 112 valence electrons. The standard InChI is InChI=1S/C16H14ClN3OS/c1-20(12-5-3-2-4-6-12)11-19-14(8-10-21)15-13(17)7-9-18-16(15)22/h2-11H,1H3,(H,18,22)/b14-8-,19-11?. The molecular formula is C16H14ClN3OS. The minimum Gasteiger partial charge on any atom is -0.352 e. The molecule has 2 aromatic rings. The van der Waals surface area contributed by atoms with Crippen molar-refractivity contribution in [3.8, 4) is 0 Å². The fourth-order valence-electron chi connectivity index (χ4n) is 1.83. The molecule has 1 aromatic carbocycles. The molecule has 1 heterocycles. The minimum atomic E-state index is 0.407. The zero-order valence-electron chi connectivity index (χ0n) is 11.9. The van der Waals surface area contributed by atoms with Gasteiger partial charge in [0.1, 0.15) is 10.9 Å². The lowest BCUT2D eigenvalue weighted by Crippen LogP contribution is -2.14. The Morgan fingerprint density at radius 2 is 2.05 bits per heavy atom. The van der Waals surface area contributed by atoms with E-state index >= 15 is 0 Å². The molecule has 0 atom stereocenters.